The first-order valence-corrected chi connectivity index (χ1v) is 7.54. The maximum Gasteiger partial charge on any atom is 0.144 e. The number of methoxy groups -OCH3 is 1. The van der Waals surface area contributed by atoms with Gasteiger partial charge in [-0.3, -0.25) is 0 Å². The number of thiophene rings is 1. The highest BCUT2D eigenvalue weighted by Gasteiger charge is 2.16. The third-order valence-electron chi connectivity index (χ3n) is 3.42. The Kier molecular flexibility index (Phi) is 3.08. The number of benzene rings is 1. The molecule has 0 unspecified atom stereocenters. The first-order valence-electron chi connectivity index (χ1n) is 6.66. The minimum absolute atomic E-state index is 0.701. The van der Waals surface area contributed by atoms with Gasteiger partial charge >= 0.3 is 0 Å². The summed E-state index contributed by atoms with van der Waals surface area (Å²) >= 11 is 1.61. The van der Waals surface area contributed by atoms with Gasteiger partial charge in [0.25, 0.3) is 0 Å². The summed E-state index contributed by atoms with van der Waals surface area (Å²) in [6, 6.07) is 11.6. The quantitative estimate of drug-likeness (QED) is 0.572. The minimum Gasteiger partial charge on any atom is -0.497 e. The SMILES string of the molecule is COc1ccc(-c2nnc(-c3cccs3)c3conc23)cc1. The van der Waals surface area contributed by atoms with E-state index in [0.29, 0.717) is 11.2 Å². The average molecular weight is 309 g/mol. The van der Waals surface area contributed by atoms with Crippen molar-refractivity contribution in [3.8, 4) is 27.6 Å². The lowest BCUT2D eigenvalue weighted by Crippen LogP contribution is -1.93. The van der Waals surface area contributed by atoms with E-state index in [4.69, 9.17) is 9.26 Å². The van der Waals surface area contributed by atoms with Crippen LogP contribution < -0.4 is 4.74 Å². The molecule has 0 bridgehead atoms. The second-order valence-electron chi connectivity index (χ2n) is 4.68. The van der Waals surface area contributed by atoms with Gasteiger partial charge in [-0.2, -0.15) is 0 Å². The van der Waals surface area contributed by atoms with Crippen molar-refractivity contribution in [3.63, 3.8) is 0 Å². The zero-order chi connectivity index (χ0) is 14.9. The lowest BCUT2D eigenvalue weighted by Gasteiger charge is -2.04. The predicted octanol–water partition coefficient (Wildman–Crippen LogP) is 4.02. The van der Waals surface area contributed by atoms with Gasteiger partial charge in [0, 0.05) is 5.56 Å². The van der Waals surface area contributed by atoms with E-state index in [2.05, 4.69) is 15.4 Å². The number of fused-ring (bicyclic) bond motifs is 1. The normalized spacial score (nSPS) is 11.0. The summed E-state index contributed by atoms with van der Waals surface area (Å²) in [6.07, 6.45) is 1.62. The van der Waals surface area contributed by atoms with Crippen molar-refractivity contribution in [1.82, 2.24) is 15.4 Å². The van der Waals surface area contributed by atoms with Gasteiger partial charge in [0.1, 0.15) is 28.9 Å². The summed E-state index contributed by atoms with van der Waals surface area (Å²) < 4.78 is 10.3. The summed E-state index contributed by atoms with van der Waals surface area (Å²) in [5.74, 6) is 0.795. The highest BCUT2D eigenvalue weighted by Crippen LogP contribution is 2.33. The largest absolute Gasteiger partial charge is 0.497 e. The fraction of sp³-hybridized carbons (Fsp3) is 0.0625. The number of ether oxygens (including phenoxy) is 1. The van der Waals surface area contributed by atoms with Crippen LogP contribution in [0.3, 0.4) is 0 Å². The first kappa shape index (κ1) is 13.0. The third kappa shape index (κ3) is 2.05. The molecule has 108 valence electrons. The van der Waals surface area contributed by atoms with Gasteiger partial charge < -0.3 is 9.26 Å². The van der Waals surface area contributed by atoms with Crippen molar-refractivity contribution in [2.45, 2.75) is 0 Å². The zero-order valence-corrected chi connectivity index (χ0v) is 12.5. The van der Waals surface area contributed by atoms with Crippen LogP contribution in [0.15, 0.2) is 52.6 Å². The number of rotatable bonds is 3. The molecular weight excluding hydrogens is 298 g/mol. The van der Waals surface area contributed by atoms with Crippen molar-refractivity contribution < 1.29 is 9.26 Å². The Morgan fingerprint density at radius 1 is 1.05 bits per heavy atom. The van der Waals surface area contributed by atoms with Crippen molar-refractivity contribution in [3.05, 3.63) is 48.0 Å². The van der Waals surface area contributed by atoms with Crippen molar-refractivity contribution in [2.75, 3.05) is 7.11 Å². The van der Waals surface area contributed by atoms with Crippen molar-refractivity contribution >= 4 is 22.2 Å². The third-order valence-corrected chi connectivity index (χ3v) is 4.29. The second kappa shape index (κ2) is 5.23. The molecule has 0 atom stereocenters. The molecule has 0 N–H and O–H groups in total. The second-order valence-corrected chi connectivity index (χ2v) is 5.63. The van der Waals surface area contributed by atoms with E-state index in [1.54, 1.807) is 24.7 Å². The van der Waals surface area contributed by atoms with E-state index < -0.39 is 0 Å². The summed E-state index contributed by atoms with van der Waals surface area (Å²) in [5.41, 5.74) is 3.13. The highest BCUT2D eigenvalue weighted by atomic mass is 32.1. The van der Waals surface area contributed by atoms with Gasteiger partial charge in [0.05, 0.1) is 17.4 Å². The maximum absolute atomic E-state index is 5.18. The van der Waals surface area contributed by atoms with E-state index >= 15 is 0 Å². The molecule has 0 radical (unpaired) electrons. The molecule has 0 aliphatic heterocycles. The molecule has 4 rings (SSSR count). The number of hydrogen-bond acceptors (Lipinski definition) is 6. The van der Waals surface area contributed by atoms with Crippen LogP contribution in [-0.4, -0.2) is 22.5 Å². The van der Waals surface area contributed by atoms with E-state index in [-0.39, 0.29) is 0 Å². The van der Waals surface area contributed by atoms with Gasteiger partial charge in [0.2, 0.25) is 0 Å². The van der Waals surface area contributed by atoms with Crippen molar-refractivity contribution in [2.24, 2.45) is 0 Å². The predicted molar refractivity (Wildman–Crippen MR) is 84.9 cm³/mol. The Hall–Kier alpha value is -2.73. The van der Waals surface area contributed by atoms with E-state index in [1.807, 2.05) is 41.8 Å². The number of nitrogens with zero attached hydrogens (tertiary/aromatic N) is 3. The molecule has 0 amide bonds. The first-order chi connectivity index (χ1) is 10.9. The van der Waals surface area contributed by atoms with E-state index in [1.165, 1.54) is 0 Å². The monoisotopic (exact) mass is 309 g/mol. The fourth-order valence-electron chi connectivity index (χ4n) is 2.32. The molecule has 0 fully saturated rings. The van der Waals surface area contributed by atoms with Crippen LogP contribution in [-0.2, 0) is 0 Å². The Morgan fingerprint density at radius 3 is 2.59 bits per heavy atom. The molecule has 0 saturated heterocycles. The Balaban J connectivity index is 1.89. The van der Waals surface area contributed by atoms with Crippen LogP contribution in [0.4, 0.5) is 0 Å². The molecule has 0 spiro atoms. The smallest absolute Gasteiger partial charge is 0.144 e. The van der Waals surface area contributed by atoms with Crippen LogP contribution in [0.1, 0.15) is 0 Å². The molecule has 0 saturated carbocycles. The molecule has 22 heavy (non-hydrogen) atoms. The Labute approximate surface area is 130 Å². The van der Waals surface area contributed by atoms with Crippen LogP contribution in [0, 0.1) is 0 Å². The van der Waals surface area contributed by atoms with Crippen LogP contribution in [0.5, 0.6) is 5.75 Å². The molecule has 3 heterocycles. The molecule has 5 nitrogen and oxygen atoms in total. The molecule has 0 aliphatic carbocycles. The van der Waals surface area contributed by atoms with Gasteiger partial charge in [0.15, 0.2) is 0 Å². The number of hydrogen-bond donors (Lipinski definition) is 0. The van der Waals surface area contributed by atoms with Crippen molar-refractivity contribution in [1.29, 1.82) is 0 Å². The van der Waals surface area contributed by atoms with Crippen LogP contribution >= 0.6 is 11.3 Å². The Morgan fingerprint density at radius 2 is 1.86 bits per heavy atom. The topological polar surface area (TPSA) is 61.0 Å². The Bertz CT molecular complexity index is 914. The molecule has 3 aromatic heterocycles. The summed E-state index contributed by atoms with van der Waals surface area (Å²) in [4.78, 5) is 1.04. The maximum atomic E-state index is 5.18. The molecule has 1 aromatic carbocycles. The molecular formula is C16H11N3O2S. The lowest BCUT2D eigenvalue weighted by molar-refractivity contribution is 0.415. The van der Waals surface area contributed by atoms with Gasteiger partial charge in [-0.25, -0.2) is 0 Å². The van der Waals surface area contributed by atoms with E-state index in [0.717, 1.165) is 27.3 Å². The molecule has 4 aromatic rings. The highest BCUT2D eigenvalue weighted by molar-refractivity contribution is 7.13. The average Bonchev–Trinajstić information content (AvgIpc) is 3.25. The molecule has 0 aliphatic rings. The van der Waals surface area contributed by atoms with Gasteiger partial charge in [-0.1, -0.05) is 11.2 Å². The zero-order valence-electron chi connectivity index (χ0n) is 11.7. The van der Waals surface area contributed by atoms with Crippen LogP contribution in [0.2, 0.25) is 0 Å². The van der Waals surface area contributed by atoms with Gasteiger partial charge in [-0.15, -0.1) is 21.5 Å². The minimum atomic E-state index is 0.701. The number of aromatic nitrogens is 3. The summed E-state index contributed by atoms with van der Waals surface area (Å²) in [7, 11) is 1.64. The summed E-state index contributed by atoms with van der Waals surface area (Å²) in [6.45, 7) is 0. The lowest BCUT2D eigenvalue weighted by atomic mass is 10.1. The molecule has 6 heteroatoms. The van der Waals surface area contributed by atoms with E-state index in [9.17, 15) is 0 Å². The van der Waals surface area contributed by atoms with Gasteiger partial charge in [-0.05, 0) is 35.7 Å². The van der Waals surface area contributed by atoms with Crippen LogP contribution in [0.25, 0.3) is 32.7 Å². The summed E-state index contributed by atoms with van der Waals surface area (Å²) in [5, 5.41) is 15.7. The standard InChI is InChI=1S/C16H11N3O2S/c1-20-11-6-4-10(5-7-11)14-16-12(9-21-19-16)15(18-17-14)13-3-2-8-22-13/h2-9H,1H3. The fourth-order valence-corrected chi connectivity index (χ4v) is 3.04.